The van der Waals surface area contributed by atoms with Crippen LogP contribution in [0.4, 0.5) is 5.69 Å². The van der Waals surface area contributed by atoms with E-state index in [9.17, 15) is 8.42 Å². The summed E-state index contributed by atoms with van der Waals surface area (Å²) < 4.78 is 25.2. The molecule has 0 aliphatic heterocycles. The van der Waals surface area contributed by atoms with E-state index < -0.39 is 10.0 Å². The zero-order valence-corrected chi connectivity index (χ0v) is 14.3. The third-order valence-corrected chi connectivity index (χ3v) is 5.35. The van der Waals surface area contributed by atoms with Crippen molar-refractivity contribution in [3.05, 3.63) is 58.6 Å². The second kappa shape index (κ2) is 7.01. The SMILES string of the molecule is CN(C)S(=O)(=O)c1ccc(CNc2ccc(Cl)cc2C#N)cc1. The van der Waals surface area contributed by atoms with E-state index in [0.717, 1.165) is 5.56 Å². The van der Waals surface area contributed by atoms with Crippen LogP contribution in [0.25, 0.3) is 0 Å². The first-order chi connectivity index (χ1) is 10.8. The topological polar surface area (TPSA) is 73.2 Å². The minimum Gasteiger partial charge on any atom is -0.380 e. The van der Waals surface area contributed by atoms with E-state index in [1.807, 2.05) is 0 Å². The predicted octanol–water partition coefficient (Wildman–Crippen LogP) is 3.07. The standard InChI is InChI=1S/C16H16ClN3O2S/c1-20(2)23(21,22)15-6-3-12(4-7-15)11-19-16-8-5-14(17)9-13(16)10-18/h3-9,19H,11H2,1-2H3. The van der Waals surface area contributed by atoms with Crippen molar-refractivity contribution in [1.82, 2.24) is 4.31 Å². The van der Waals surface area contributed by atoms with Gasteiger partial charge in [0, 0.05) is 25.7 Å². The summed E-state index contributed by atoms with van der Waals surface area (Å²) in [6.07, 6.45) is 0. The highest BCUT2D eigenvalue weighted by Crippen LogP contribution is 2.21. The minimum absolute atomic E-state index is 0.246. The predicted molar refractivity (Wildman–Crippen MR) is 90.8 cm³/mol. The van der Waals surface area contributed by atoms with E-state index in [2.05, 4.69) is 11.4 Å². The molecule has 23 heavy (non-hydrogen) atoms. The molecule has 2 aromatic rings. The molecule has 0 atom stereocenters. The fraction of sp³-hybridized carbons (Fsp3) is 0.188. The molecule has 0 fully saturated rings. The molecule has 0 bridgehead atoms. The molecular weight excluding hydrogens is 334 g/mol. The summed E-state index contributed by atoms with van der Waals surface area (Å²) in [5.74, 6) is 0. The van der Waals surface area contributed by atoms with Gasteiger partial charge in [0.1, 0.15) is 6.07 Å². The molecule has 0 amide bonds. The van der Waals surface area contributed by atoms with Crippen LogP contribution in [0.5, 0.6) is 0 Å². The van der Waals surface area contributed by atoms with Crippen LogP contribution in [-0.4, -0.2) is 26.8 Å². The number of rotatable bonds is 5. The maximum Gasteiger partial charge on any atom is 0.242 e. The van der Waals surface area contributed by atoms with Crippen LogP contribution in [0.3, 0.4) is 0 Å². The average Bonchev–Trinajstić information content (AvgIpc) is 2.53. The van der Waals surface area contributed by atoms with E-state index in [1.54, 1.807) is 42.5 Å². The highest BCUT2D eigenvalue weighted by molar-refractivity contribution is 7.89. The lowest BCUT2D eigenvalue weighted by Crippen LogP contribution is -2.22. The first kappa shape index (κ1) is 17.3. The molecule has 5 nitrogen and oxygen atoms in total. The molecule has 2 aromatic carbocycles. The maximum atomic E-state index is 12.0. The van der Waals surface area contributed by atoms with Crippen LogP contribution >= 0.6 is 11.6 Å². The number of nitrogens with zero attached hydrogens (tertiary/aromatic N) is 2. The molecule has 0 aliphatic carbocycles. The Morgan fingerprint density at radius 3 is 2.39 bits per heavy atom. The zero-order valence-electron chi connectivity index (χ0n) is 12.7. The smallest absolute Gasteiger partial charge is 0.242 e. The van der Waals surface area contributed by atoms with Gasteiger partial charge >= 0.3 is 0 Å². The molecule has 7 heteroatoms. The summed E-state index contributed by atoms with van der Waals surface area (Å²) in [4.78, 5) is 0.246. The van der Waals surface area contributed by atoms with Gasteiger partial charge in [-0.15, -0.1) is 0 Å². The Balaban J connectivity index is 2.13. The molecule has 0 saturated heterocycles. The molecule has 0 aliphatic rings. The van der Waals surface area contributed by atoms with Gasteiger partial charge in [-0.05, 0) is 35.9 Å². The van der Waals surface area contributed by atoms with Crippen LogP contribution < -0.4 is 5.32 Å². The fourth-order valence-electron chi connectivity index (χ4n) is 1.95. The van der Waals surface area contributed by atoms with Crippen molar-refractivity contribution >= 4 is 27.3 Å². The summed E-state index contributed by atoms with van der Waals surface area (Å²) in [6, 6.07) is 13.7. The lowest BCUT2D eigenvalue weighted by molar-refractivity contribution is 0.520. The number of halogens is 1. The molecule has 0 aromatic heterocycles. The number of anilines is 1. The Morgan fingerprint density at radius 1 is 1.17 bits per heavy atom. The van der Waals surface area contributed by atoms with Crippen LogP contribution in [0.15, 0.2) is 47.4 Å². The number of benzene rings is 2. The molecule has 0 saturated carbocycles. The Labute approximate surface area is 141 Å². The highest BCUT2D eigenvalue weighted by Gasteiger charge is 2.16. The summed E-state index contributed by atoms with van der Waals surface area (Å²) >= 11 is 5.86. The number of sulfonamides is 1. The second-order valence-electron chi connectivity index (χ2n) is 5.09. The van der Waals surface area contributed by atoms with Crippen LogP contribution in [0, 0.1) is 11.3 Å². The third-order valence-electron chi connectivity index (χ3n) is 3.29. The van der Waals surface area contributed by atoms with Crippen molar-refractivity contribution in [2.45, 2.75) is 11.4 Å². The van der Waals surface area contributed by atoms with Crippen molar-refractivity contribution < 1.29 is 8.42 Å². The molecule has 0 unspecified atom stereocenters. The zero-order chi connectivity index (χ0) is 17.0. The first-order valence-corrected chi connectivity index (χ1v) is 8.61. The van der Waals surface area contributed by atoms with Gasteiger partial charge in [-0.1, -0.05) is 23.7 Å². The maximum absolute atomic E-state index is 12.0. The normalized spacial score (nSPS) is 11.3. The van der Waals surface area contributed by atoms with Crippen LogP contribution in [0.1, 0.15) is 11.1 Å². The second-order valence-corrected chi connectivity index (χ2v) is 7.67. The Morgan fingerprint density at radius 2 is 1.83 bits per heavy atom. The van der Waals surface area contributed by atoms with Crippen LogP contribution in [0.2, 0.25) is 5.02 Å². The van der Waals surface area contributed by atoms with Gasteiger partial charge in [0.2, 0.25) is 10.0 Å². The highest BCUT2D eigenvalue weighted by atomic mass is 35.5. The van der Waals surface area contributed by atoms with Crippen LogP contribution in [-0.2, 0) is 16.6 Å². The van der Waals surface area contributed by atoms with Gasteiger partial charge in [0.25, 0.3) is 0 Å². The Kier molecular flexibility index (Phi) is 5.26. The van der Waals surface area contributed by atoms with Crippen molar-refractivity contribution in [1.29, 1.82) is 5.26 Å². The van der Waals surface area contributed by atoms with E-state index in [4.69, 9.17) is 16.9 Å². The summed E-state index contributed by atoms with van der Waals surface area (Å²) in [6.45, 7) is 0.471. The fourth-order valence-corrected chi connectivity index (χ4v) is 3.02. The van der Waals surface area contributed by atoms with E-state index >= 15 is 0 Å². The number of hydrogen-bond donors (Lipinski definition) is 1. The quantitative estimate of drug-likeness (QED) is 0.900. The summed E-state index contributed by atoms with van der Waals surface area (Å²) in [5.41, 5.74) is 2.05. The average molecular weight is 350 g/mol. The molecule has 1 N–H and O–H groups in total. The number of hydrogen-bond acceptors (Lipinski definition) is 4. The number of nitriles is 1. The van der Waals surface area contributed by atoms with Gasteiger partial charge in [0.15, 0.2) is 0 Å². The van der Waals surface area contributed by atoms with E-state index in [0.29, 0.717) is 22.8 Å². The van der Waals surface area contributed by atoms with Crippen molar-refractivity contribution in [2.75, 3.05) is 19.4 Å². The summed E-state index contributed by atoms with van der Waals surface area (Å²) in [7, 11) is -0.431. The molecular formula is C16H16ClN3O2S. The van der Waals surface area contributed by atoms with Crippen molar-refractivity contribution in [3.8, 4) is 6.07 Å². The van der Waals surface area contributed by atoms with E-state index in [-0.39, 0.29) is 4.90 Å². The van der Waals surface area contributed by atoms with E-state index in [1.165, 1.54) is 18.4 Å². The Hall–Kier alpha value is -2.07. The molecule has 2 rings (SSSR count). The van der Waals surface area contributed by atoms with Gasteiger partial charge in [-0.2, -0.15) is 5.26 Å². The molecule has 0 radical (unpaired) electrons. The third kappa shape index (κ3) is 4.02. The largest absolute Gasteiger partial charge is 0.380 e. The monoisotopic (exact) mass is 349 g/mol. The lowest BCUT2D eigenvalue weighted by Gasteiger charge is -2.12. The molecule has 120 valence electrons. The lowest BCUT2D eigenvalue weighted by atomic mass is 10.1. The van der Waals surface area contributed by atoms with Gasteiger partial charge in [0.05, 0.1) is 16.1 Å². The molecule has 0 spiro atoms. The first-order valence-electron chi connectivity index (χ1n) is 6.79. The van der Waals surface area contributed by atoms with Gasteiger partial charge < -0.3 is 5.32 Å². The Bertz CT molecular complexity index is 841. The van der Waals surface area contributed by atoms with Gasteiger partial charge in [-0.3, -0.25) is 0 Å². The van der Waals surface area contributed by atoms with Crippen molar-refractivity contribution in [3.63, 3.8) is 0 Å². The molecule has 0 heterocycles. The number of nitrogens with one attached hydrogen (secondary N) is 1. The summed E-state index contributed by atoms with van der Waals surface area (Å²) in [5, 5.41) is 12.8. The van der Waals surface area contributed by atoms with Gasteiger partial charge in [-0.25, -0.2) is 12.7 Å². The van der Waals surface area contributed by atoms with Crippen molar-refractivity contribution in [2.24, 2.45) is 0 Å². The minimum atomic E-state index is -3.42.